The summed E-state index contributed by atoms with van der Waals surface area (Å²) in [6.07, 6.45) is 5.32. The summed E-state index contributed by atoms with van der Waals surface area (Å²) in [5.74, 6) is 0.401. The molecule has 2 fully saturated rings. The van der Waals surface area contributed by atoms with Crippen LogP contribution in [0.3, 0.4) is 0 Å². The maximum Gasteiger partial charge on any atom is 0.324 e. The number of H-pyrrole nitrogens is 1. The molecule has 7 heteroatoms. The van der Waals surface area contributed by atoms with Gasteiger partial charge in [-0.25, -0.2) is 4.79 Å². The normalized spacial score (nSPS) is 19.0. The Kier molecular flexibility index (Phi) is 5.53. The van der Waals surface area contributed by atoms with Gasteiger partial charge in [-0.05, 0) is 68.6 Å². The number of piperidine rings is 1. The minimum absolute atomic E-state index is 0. The van der Waals surface area contributed by atoms with Crippen LogP contribution in [0.4, 0.5) is 4.79 Å². The van der Waals surface area contributed by atoms with E-state index in [-0.39, 0.29) is 30.9 Å². The van der Waals surface area contributed by atoms with E-state index in [4.69, 9.17) is 0 Å². The zero-order chi connectivity index (χ0) is 17.4. The Hall–Kier alpha value is -2.05. The number of hydrogen-bond donors (Lipinski definition) is 2. The molecule has 6 nitrogen and oxygen atoms in total. The molecule has 0 bridgehead atoms. The van der Waals surface area contributed by atoms with E-state index in [9.17, 15) is 9.59 Å². The Morgan fingerprint density at radius 1 is 1.19 bits per heavy atom. The number of amides is 3. The molecule has 2 aromatic rings. The van der Waals surface area contributed by atoms with Gasteiger partial charge in [0.1, 0.15) is 6.54 Å². The second-order valence-electron chi connectivity index (χ2n) is 7.23. The number of nitrogens with one attached hydrogen (secondary N) is 2. The number of carbonyl (C=O) groups is 2. The number of imide groups is 1. The largest absolute Gasteiger partial charge is 0.361 e. The van der Waals surface area contributed by atoms with Gasteiger partial charge in [-0.3, -0.25) is 10.1 Å². The van der Waals surface area contributed by atoms with Gasteiger partial charge in [0.2, 0.25) is 5.91 Å². The fourth-order valence-electron chi connectivity index (χ4n) is 3.93. The number of hydrogen-bond acceptors (Lipinski definition) is 3. The zero-order valence-corrected chi connectivity index (χ0v) is 15.8. The van der Waals surface area contributed by atoms with E-state index < -0.39 is 0 Å². The van der Waals surface area contributed by atoms with Gasteiger partial charge in [0.25, 0.3) is 0 Å². The van der Waals surface area contributed by atoms with Gasteiger partial charge in [0, 0.05) is 23.6 Å². The predicted molar refractivity (Wildman–Crippen MR) is 104 cm³/mol. The molecule has 140 valence electrons. The summed E-state index contributed by atoms with van der Waals surface area (Å²) < 4.78 is 0. The number of likely N-dealkylation sites (tertiary alicyclic amines) is 1. The van der Waals surface area contributed by atoms with E-state index in [0.717, 1.165) is 19.5 Å². The lowest BCUT2D eigenvalue weighted by atomic mass is 9.89. The summed E-state index contributed by atoms with van der Waals surface area (Å²) in [7, 11) is 2.18. The lowest BCUT2D eigenvalue weighted by Gasteiger charge is -2.28. The first-order valence-electron chi connectivity index (χ1n) is 8.97. The number of carbonyl (C=O) groups excluding carboxylic acids is 2. The van der Waals surface area contributed by atoms with Crippen LogP contribution in [-0.4, -0.2) is 59.9 Å². The SMILES string of the molecule is CN1CCC(c2c[nH]c3ccc(CCN4CC(=O)NC4=O)cc23)CC1.Cl. The number of rotatable bonds is 4. The molecule has 1 aromatic carbocycles. The molecule has 1 aromatic heterocycles. The van der Waals surface area contributed by atoms with Crippen LogP contribution in [0, 0.1) is 0 Å². The molecule has 0 spiro atoms. The lowest BCUT2D eigenvalue weighted by Crippen LogP contribution is -2.30. The second-order valence-corrected chi connectivity index (χ2v) is 7.23. The Labute approximate surface area is 159 Å². The zero-order valence-electron chi connectivity index (χ0n) is 15.0. The minimum Gasteiger partial charge on any atom is -0.361 e. The second kappa shape index (κ2) is 7.68. The first-order chi connectivity index (χ1) is 12.1. The van der Waals surface area contributed by atoms with E-state index >= 15 is 0 Å². The van der Waals surface area contributed by atoms with E-state index in [0.29, 0.717) is 12.5 Å². The maximum absolute atomic E-state index is 11.6. The van der Waals surface area contributed by atoms with Crippen LogP contribution in [-0.2, 0) is 11.2 Å². The van der Waals surface area contributed by atoms with Gasteiger partial charge >= 0.3 is 6.03 Å². The molecule has 3 amide bonds. The predicted octanol–water partition coefficient (Wildman–Crippen LogP) is 2.49. The molecule has 26 heavy (non-hydrogen) atoms. The van der Waals surface area contributed by atoms with Gasteiger partial charge in [0.05, 0.1) is 0 Å². The average Bonchev–Trinajstić information content (AvgIpc) is 3.16. The van der Waals surface area contributed by atoms with Crippen LogP contribution in [0.25, 0.3) is 10.9 Å². The molecule has 4 rings (SSSR count). The van der Waals surface area contributed by atoms with Crippen molar-refractivity contribution in [2.45, 2.75) is 25.2 Å². The summed E-state index contributed by atoms with van der Waals surface area (Å²) in [4.78, 5) is 30.3. The van der Waals surface area contributed by atoms with Crippen molar-refractivity contribution >= 4 is 35.2 Å². The van der Waals surface area contributed by atoms with Gasteiger partial charge in [-0.15, -0.1) is 12.4 Å². The van der Waals surface area contributed by atoms with Crippen molar-refractivity contribution in [3.8, 4) is 0 Å². The van der Waals surface area contributed by atoms with E-state index in [1.807, 2.05) is 0 Å². The van der Waals surface area contributed by atoms with Crippen LogP contribution < -0.4 is 5.32 Å². The third-order valence-corrected chi connectivity index (χ3v) is 5.47. The molecule has 2 N–H and O–H groups in total. The molecule has 2 aliphatic heterocycles. The highest BCUT2D eigenvalue weighted by atomic mass is 35.5. The smallest absolute Gasteiger partial charge is 0.324 e. The fourth-order valence-corrected chi connectivity index (χ4v) is 3.93. The summed E-state index contributed by atoms with van der Waals surface area (Å²) in [6.45, 7) is 3.04. The molecule has 0 aliphatic carbocycles. The van der Waals surface area contributed by atoms with Gasteiger partial charge in [-0.1, -0.05) is 6.07 Å². The van der Waals surface area contributed by atoms with Crippen LogP contribution >= 0.6 is 12.4 Å². The summed E-state index contributed by atoms with van der Waals surface area (Å²) in [6, 6.07) is 6.19. The monoisotopic (exact) mass is 376 g/mol. The first kappa shape index (κ1) is 18.7. The molecule has 0 saturated carbocycles. The van der Waals surface area contributed by atoms with Crippen LogP contribution in [0.1, 0.15) is 29.9 Å². The molecule has 0 radical (unpaired) electrons. The highest BCUT2D eigenvalue weighted by Crippen LogP contribution is 2.33. The molecule has 3 heterocycles. The number of aromatic amines is 1. The molecular formula is C19H25ClN4O2. The quantitative estimate of drug-likeness (QED) is 0.805. The Morgan fingerprint density at radius 2 is 1.96 bits per heavy atom. The van der Waals surface area contributed by atoms with E-state index in [1.165, 1.54) is 34.9 Å². The van der Waals surface area contributed by atoms with Crippen molar-refractivity contribution in [2.24, 2.45) is 0 Å². The maximum atomic E-state index is 11.6. The Morgan fingerprint density at radius 3 is 2.65 bits per heavy atom. The van der Waals surface area contributed by atoms with Crippen molar-refractivity contribution in [3.63, 3.8) is 0 Å². The Bertz CT molecular complexity index is 811. The number of halogens is 1. The lowest BCUT2D eigenvalue weighted by molar-refractivity contribution is -0.118. The highest BCUT2D eigenvalue weighted by molar-refractivity contribution is 6.01. The van der Waals surface area contributed by atoms with Crippen LogP contribution in [0.2, 0.25) is 0 Å². The summed E-state index contributed by atoms with van der Waals surface area (Å²) >= 11 is 0. The molecular weight excluding hydrogens is 352 g/mol. The topological polar surface area (TPSA) is 68.4 Å². The summed E-state index contributed by atoms with van der Waals surface area (Å²) in [5.41, 5.74) is 3.79. The number of nitrogens with zero attached hydrogens (tertiary/aromatic N) is 2. The summed E-state index contributed by atoms with van der Waals surface area (Å²) in [5, 5.41) is 3.62. The first-order valence-corrected chi connectivity index (χ1v) is 8.97. The van der Waals surface area contributed by atoms with Gasteiger partial charge in [-0.2, -0.15) is 0 Å². The van der Waals surface area contributed by atoms with Gasteiger partial charge in [0.15, 0.2) is 0 Å². The Balaban J connectivity index is 0.00000196. The standard InChI is InChI=1S/C19H24N4O2.ClH/c1-22-7-5-14(6-8-22)16-11-20-17-3-2-13(10-15(16)17)4-9-23-12-18(24)21-19(23)25;/h2-3,10-11,14,20H,4-9,12H2,1H3,(H,21,24,25);1H. The van der Waals surface area contributed by atoms with Crippen LogP contribution in [0.5, 0.6) is 0 Å². The molecule has 2 saturated heterocycles. The minimum atomic E-state index is -0.278. The third-order valence-electron chi connectivity index (χ3n) is 5.47. The van der Waals surface area contributed by atoms with Crippen molar-refractivity contribution in [3.05, 3.63) is 35.5 Å². The van der Waals surface area contributed by atoms with Gasteiger partial charge < -0.3 is 14.8 Å². The number of fused-ring (bicyclic) bond motifs is 1. The van der Waals surface area contributed by atoms with Crippen LogP contribution in [0.15, 0.2) is 24.4 Å². The number of urea groups is 1. The fraction of sp³-hybridized carbons (Fsp3) is 0.474. The molecule has 0 unspecified atom stereocenters. The van der Waals surface area contributed by atoms with Crippen molar-refractivity contribution in [1.29, 1.82) is 0 Å². The number of aromatic nitrogens is 1. The highest BCUT2D eigenvalue weighted by Gasteiger charge is 2.26. The van der Waals surface area contributed by atoms with Crippen molar-refractivity contribution in [2.75, 3.05) is 33.2 Å². The van der Waals surface area contributed by atoms with E-state index in [2.05, 4.69) is 46.6 Å². The molecule has 0 atom stereocenters. The number of benzene rings is 1. The van der Waals surface area contributed by atoms with E-state index in [1.54, 1.807) is 4.90 Å². The third kappa shape index (κ3) is 3.71. The molecule has 2 aliphatic rings. The average molecular weight is 377 g/mol. The van der Waals surface area contributed by atoms with Crippen molar-refractivity contribution < 1.29 is 9.59 Å². The van der Waals surface area contributed by atoms with Crippen molar-refractivity contribution in [1.82, 2.24) is 20.1 Å².